The Bertz CT molecular complexity index is 708. The van der Waals surface area contributed by atoms with Gasteiger partial charge in [-0.15, -0.1) is 0 Å². The predicted octanol–water partition coefficient (Wildman–Crippen LogP) is 4.58. The van der Waals surface area contributed by atoms with Gasteiger partial charge in [-0.25, -0.2) is 0 Å². The summed E-state index contributed by atoms with van der Waals surface area (Å²) in [5.74, 6) is 1.98. The summed E-state index contributed by atoms with van der Waals surface area (Å²) in [6.45, 7) is 7.60. The van der Waals surface area contributed by atoms with Crippen molar-refractivity contribution in [2.45, 2.75) is 76.9 Å². The Morgan fingerprint density at radius 2 is 1.97 bits per heavy atom. The molecular formula is C24H37N3O2. The van der Waals surface area contributed by atoms with Crippen molar-refractivity contribution in [2.24, 2.45) is 10.4 Å². The lowest BCUT2D eigenvalue weighted by Crippen LogP contribution is -2.46. The molecule has 29 heavy (non-hydrogen) atoms. The SMILES string of the molecule is CCNC(=NCC1(CCOCC)CC1)NC1CC2(CCCC2)Oc2ccccc21. The summed E-state index contributed by atoms with van der Waals surface area (Å²) in [5, 5.41) is 7.23. The van der Waals surface area contributed by atoms with Crippen LogP contribution in [0.3, 0.4) is 0 Å². The van der Waals surface area contributed by atoms with Gasteiger partial charge in [0, 0.05) is 38.3 Å². The summed E-state index contributed by atoms with van der Waals surface area (Å²) in [6.07, 6.45) is 9.54. The number of aliphatic imine (C=N–C) groups is 1. The third-order valence-electron chi connectivity index (χ3n) is 6.88. The van der Waals surface area contributed by atoms with E-state index in [0.29, 0.717) is 5.41 Å². The van der Waals surface area contributed by atoms with Crippen molar-refractivity contribution in [1.29, 1.82) is 0 Å². The molecule has 1 aliphatic heterocycles. The number of guanidine groups is 1. The molecule has 0 saturated heterocycles. The summed E-state index contributed by atoms with van der Waals surface area (Å²) >= 11 is 0. The van der Waals surface area contributed by atoms with Gasteiger partial charge in [-0.05, 0) is 70.3 Å². The van der Waals surface area contributed by atoms with Gasteiger partial charge in [0.25, 0.3) is 0 Å². The summed E-state index contributed by atoms with van der Waals surface area (Å²) in [5.41, 5.74) is 1.61. The molecule has 0 radical (unpaired) electrons. The number of fused-ring (bicyclic) bond motifs is 1. The minimum atomic E-state index is -0.00144. The molecule has 2 fully saturated rings. The molecule has 2 saturated carbocycles. The molecule has 1 unspecified atom stereocenters. The molecule has 5 heteroatoms. The molecule has 0 bridgehead atoms. The van der Waals surface area contributed by atoms with Crippen LogP contribution in [0.25, 0.3) is 0 Å². The van der Waals surface area contributed by atoms with Crippen LogP contribution in [0.1, 0.15) is 76.8 Å². The van der Waals surface area contributed by atoms with Gasteiger partial charge < -0.3 is 20.1 Å². The average molecular weight is 400 g/mol. The van der Waals surface area contributed by atoms with Gasteiger partial charge in [0.05, 0.1) is 6.04 Å². The first-order valence-corrected chi connectivity index (χ1v) is 11.6. The second-order valence-corrected chi connectivity index (χ2v) is 9.07. The molecule has 1 spiro atoms. The molecule has 3 aliphatic rings. The van der Waals surface area contributed by atoms with Gasteiger partial charge in [0.15, 0.2) is 5.96 Å². The van der Waals surface area contributed by atoms with Crippen LogP contribution >= 0.6 is 0 Å². The van der Waals surface area contributed by atoms with Crippen LogP contribution in [0.2, 0.25) is 0 Å². The fourth-order valence-electron chi connectivity index (χ4n) is 4.90. The van der Waals surface area contributed by atoms with Crippen molar-refractivity contribution in [3.63, 3.8) is 0 Å². The topological polar surface area (TPSA) is 54.9 Å². The van der Waals surface area contributed by atoms with Gasteiger partial charge >= 0.3 is 0 Å². The lowest BCUT2D eigenvalue weighted by molar-refractivity contribution is 0.0396. The normalized spacial score (nSPS) is 24.1. The number of benzene rings is 1. The van der Waals surface area contributed by atoms with Crippen LogP contribution in [0.4, 0.5) is 0 Å². The lowest BCUT2D eigenvalue weighted by atomic mass is 9.86. The minimum absolute atomic E-state index is 0.00144. The van der Waals surface area contributed by atoms with Crippen molar-refractivity contribution in [3.05, 3.63) is 29.8 Å². The Morgan fingerprint density at radius 1 is 1.17 bits per heavy atom. The average Bonchev–Trinajstić information content (AvgIpc) is 3.37. The van der Waals surface area contributed by atoms with Crippen molar-refractivity contribution in [3.8, 4) is 5.75 Å². The maximum absolute atomic E-state index is 6.52. The van der Waals surface area contributed by atoms with E-state index in [4.69, 9.17) is 14.5 Å². The van der Waals surface area contributed by atoms with Crippen molar-refractivity contribution >= 4 is 5.96 Å². The minimum Gasteiger partial charge on any atom is -0.487 e. The van der Waals surface area contributed by atoms with Crippen LogP contribution < -0.4 is 15.4 Å². The number of hydrogen-bond donors (Lipinski definition) is 2. The lowest BCUT2D eigenvalue weighted by Gasteiger charge is -2.40. The highest BCUT2D eigenvalue weighted by molar-refractivity contribution is 5.80. The number of nitrogens with zero attached hydrogens (tertiary/aromatic N) is 1. The highest BCUT2D eigenvalue weighted by Crippen LogP contribution is 2.49. The van der Waals surface area contributed by atoms with Gasteiger partial charge in [-0.1, -0.05) is 18.2 Å². The second-order valence-electron chi connectivity index (χ2n) is 9.07. The van der Waals surface area contributed by atoms with E-state index >= 15 is 0 Å². The number of para-hydroxylation sites is 1. The molecule has 5 nitrogen and oxygen atoms in total. The molecule has 1 aromatic rings. The van der Waals surface area contributed by atoms with Crippen molar-refractivity contribution < 1.29 is 9.47 Å². The Kier molecular flexibility index (Phi) is 6.33. The second kappa shape index (κ2) is 8.95. The Hall–Kier alpha value is -1.75. The van der Waals surface area contributed by atoms with Gasteiger partial charge in [0.1, 0.15) is 11.4 Å². The van der Waals surface area contributed by atoms with E-state index in [0.717, 1.165) is 63.7 Å². The summed E-state index contributed by atoms with van der Waals surface area (Å²) < 4.78 is 12.1. The third kappa shape index (κ3) is 4.88. The number of hydrogen-bond acceptors (Lipinski definition) is 3. The van der Waals surface area contributed by atoms with E-state index < -0.39 is 0 Å². The van der Waals surface area contributed by atoms with Crippen molar-refractivity contribution in [2.75, 3.05) is 26.3 Å². The van der Waals surface area contributed by atoms with Crippen LogP contribution in [0, 0.1) is 5.41 Å². The largest absolute Gasteiger partial charge is 0.487 e. The molecule has 1 aromatic carbocycles. The molecule has 1 heterocycles. The van der Waals surface area contributed by atoms with E-state index in [1.165, 1.54) is 31.2 Å². The monoisotopic (exact) mass is 399 g/mol. The van der Waals surface area contributed by atoms with E-state index in [1.54, 1.807) is 0 Å². The van der Waals surface area contributed by atoms with Crippen molar-refractivity contribution in [1.82, 2.24) is 10.6 Å². The Morgan fingerprint density at radius 3 is 2.69 bits per heavy atom. The number of rotatable bonds is 8. The third-order valence-corrected chi connectivity index (χ3v) is 6.88. The van der Waals surface area contributed by atoms with Crippen LogP contribution in [-0.2, 0) is 4.74 Å². The Labute approximate surface area is 175 Å². The fourth-order valence-corrected chi connectivity index (χ4v) is 4.90. The quantitative estimate of drug-likeness (QED) is 0.381. The molecule has 0 amide bonds. The molecule has 4 rings (SSSR count). The molecule has 0 aromatic heterocycles. The van der Waals surface area contributed by atoms with Gasteiger partial charge in [-0.2, -0.15) is 0 Å². The van der Waals surface area contributed by atoms with E-state index in [2.05, 4.69) is 48.7 Å². The first kappa shape index (κ1) is 20.5. The highest BCUT2D eigenvalue weighted by atomic mass is 16.5. The smallest absolute Gasteiger partial charge is 0.191 e. The zero-order valence-corrected chi connectivity index (χ0v) is 18.1. The highest BCUT2D eigenvalue weighted by Gasteiger charge is 2.44. The molecule has 2 N–H and O–H groups in total. The standard InChI is InChI=1S/C24H37N3O2/c1-3-25-22(26-18-23(13-14-23)15-16-28-4-2)27-20-17-24(11-7-8-12-24)29-21-10-6-5-9-19(20)21/h5-6,9-10,20H,3-4,7-8,11-18H2,1-2H3,(H2,25,26,27). The predicted molar refractivity (Wildman–Crippen MR) is 118 cm³/mol. The van der Waals surface area contributed by atoms with Gasteiger partial charge in [-0.3, -0.25) is 4.99 Å². The number of ether oxygens (including phenoxy) is 2. The molecular weight excluding hydrogens is 362 g/mol. The van der Waals surface area contributed by atoms with Crippen LogP contribution in [0.5, 0.6) is 5.75 Å². The van der Waals surface area contributed by atoms with E-state index in [-0.39, 0.29) is 11.6 Å². The van der Waals surface area contributed by atoms with E-state index in [1.807, 2.05) is 0 Å². The first-order valence-electron chi connectivity index (χ1n) is 11.6. The van der Waals surface area contributed by atoms with E-state index in [9.17, 15) is 0 Å². The van der Waals surface area contributed by atoms with Gasteiger partial charge in [0.2, 0.25) is 0 Å². The fraction of sp³-hybridized carbons (Fsp3) is 0.708. The number of nitrogens with one attached hydrogen (secondary N) is 2. The first-order chi connectivity index (χ1) is 14.2. The zero-order valence-electron chi connectivity index (χ0n) is 18.1. The summed E-state index contributed by atoms with van der Waals surface area (Å²) in [4.78, 5) is 5.01. The molecule has 2 aliphatic carbocycles. The zero-order chi connectivity index (χ0) is 20.2. The molecule has 1 atom stereocenters. The summed E-state index contributed by atoms with van der Waals surface area (Å²) in [7, 11) is 0. The summed E-state index contributed by atoms with van der Waals surface area (Å²) in [6, 6.07) is 8.76. The molecule has 160 valence electrons. The Balaban J connectivity index is 1.47. The maximum Gasteiger partial charge on any atom is 0.191 e. The maximum atomic E-state index is 6.52. The van der Waals surface area contributed by atoms with Crippen LogP contribution in [-0.4, -0.2) is 37.9 Å². The van der Waals surface area contributed by atoms with Crippen LogP contribution in [0.15, 0.2) is 29.3 Å².